The number of esters is 1. The van der Waals surface area contributed by atoms with Crippen LogP contribution in [0.25, 0.3) is 11.1 Å². The van der Waals surface area contributed by atoms with Crippen LogP contribution < -0.4 is 5.14 Å². The van der Waals surface area contributed by atoms with Gasteiger partial charge in [0.05, 0.1) is 11.5 Å². The van der Waals surface area contributed by atoms with Crippen LogP contribution in [0.1, 0.15) is 23.7 Å². The predicted octanol–water partition coefficient (Wildman–Crippen LogP) is 2.14. The Balaban J connectivity index is 2.24. The highest BCUT2D eigenvalue weighted by Gasteiger charge is 2.13. The molecule has 0 aliphatic carbocycles. The molecule has 0 heterocycles. The Hall–Kier alpha value is -2.51. The average molecular weight is 347 g/mol. The van der Waals surface area contributed by atoms with Gasteiger partial charge in [0.15, 0.2) is 5.78 Å². The Morgan fingerprint density at radius 1 is 1.04 bits per heavy atom. The standard InChI is InChI=1S/C17H17NO5S/c1-2-23-17(20)11-16(19)14-5-3-4-13(10-14)12-6-8-15(9-7-12)24(18,21)22/h3-10H,2,11H2,1H3,(H2,18,21,22). The van der Waals surface area contributed by atoms with E-state index in [2.05, 4.69) is 0 Å². The molecule has 126 valence electrons. The van der Waals surface area contributed by atoms with Crippen molar-refractivity contribution in [3.8, 4) is 11.1 Å². The Morgan fingerprint density at radius 2 is 1.71 bits per heavy atom. The molecule has 0 aliphatic rings. The quantitative estimate of drug-likeness (QED) is 0.490. The van der Waals surface area contributed by atoms with Crippen molar-refractivity contribution in [3.05, 3.63) is 54.1 Å². The summed E-state index contributed by atoms with van der Waals surface area (Å²) in [5.41, 5.74) is 1.84. The normalized spacial score (nSPS) is 11.1. The number of ether oxygens (including phenoxy) is 1. The zero-order valence-corrected chi connectivity index (χ0v) is 13.9. The van der Waals surface area contributed by atoms with Crippen molar-refractivity contribution < 1.29 is 22.7 Å². The number of nitrogens with two attached hydrogens (primary N) is 1. The fourth-order valence-corrected chi connectivity index (χ4v) is 2.67. The Kier molecular flexibility index (Phi) is 5.48. The number of rotatable bonds is 6. The fraction of sp³-hybridized carbons (Fsp3) is 0.176. The van der Waals surface area contributed by atoms with E-state index in [0.29, 0.717) is 5.56 Å². The molecule has 2 N–H and O–H groups in total. The van der Waals surface area contributed by atoms with Crippen LogP contribution in [-0.2, 0) is 19.6 Å². The van der Waals surface area contributed by atoms with Gasteiger partial charge in [-0.05, 0) is 36.2 Å². The summed E-state index contributed by atoms with van der Waals surface area (Å²) in [7, 11) is -3.75. The second-order valence-corrected chi connectivity index (χ2v) is 6.62. The number of Topliss-reactive ketones (excluding diaryl/α,β-unsaturated/α-hetero) is 1. The molecule has 7 heteroatoms. The lowest BCUT2D eigenvalue weighted by Gasteiger charge is -2.06. The summed E-state index contributed by atoms with van der Waals surface area (Å²) in [6.45, 7) is 1.90. The summed E-state index contributed by atoms with van der Waals surface area (Å²) < 4.78 is 27.3. The van der Waals surface area contributed by atoms with Gasteiger partial charge in [-0.15, -0.1) is 0 Å². The number of primary sulfonamides is 1. The summed E-state index contributed by atoms with van der Waals surface area (Å²) in [5.74, 6) is -0.901. The van der Waals surface area contributed by atoms with Crippen molar-refractivity contribution in [2.45, 2.75) is 18.2 Å². The monoisotopic (exact) mass is 347 g/mol. The van der Waals surface area contributed by atoms with E-state index in [9.17, 15) is 18.0 Å². The first-order valence-corrected chi connectivity index (χ1v) is 8.78. The number of hydrogen-bond donors (Lipinski definition) is 1. The highest BCUT2D eigenvalue weighted by atomic mass is 32.2. The van der Waals surface area contributed by atoms with E-state index in [-0.39, 0.29) is 23.7 Å². The van der Waals surface area contributed by atoms with Gasteiger partial charge in [0.1, 0.15) is 6.42 Å². The third-order valence-corrected chi connectivity index (χ3v) is 4.24. The van der Waals surface area contributed by atoms with Gasteiger partial charge in [-0.3, -0.25) is 9.59 Å². The number of carbonyl (C=O) groups excluding carboxylic acids is 2. The van der Waals surface area contributed by atoms with Crippen molar-refractivity contribution in [1.82, 2.24) is 0 Å². The molecule has 0 unspecified atom stereocenters. The average Bonchev–Trinajstić information content (AvgIpc) is 2.54. The number of benzene rings is 2. The molecule has 0 saturated carbocycles. The van der Waals surface area contributed by atoms with E-state index >= 15 is 0 Å². The molecule has 6 nitrogen and oxygen atoms in total. The van der Waals surface area contributed by atoms with Gasteiger partial charge in [-0.25, -0.2) is 13.6 Å². The maximum Gasteiger partial charge on any atom is 0.313 e. The van der Waals surface area contributed by atoms with Crippen LogP contribution in [0.2, 0.25) is 0 Å². The van der Waals surface area contributed by atoms with E-state index < -0.39 is 16.0 Å². The van der Waals surface area contributed by atoms with Crippen LogP contribution in [0.3, 0.4) is 0 Å². The van der Waals surface area contributed by atoms with Gasteiger partial charge in [0.2, 0.25) is 10.0 Å². The lowest BCUT2D eigenvalue weighted by molar-refractivity contribution is -0.141. The summed E-state index contributed by atoms with van der Waals surface area (Å²) in [5, 5.41) is 5.06. The first kappa shape index (κ1) is 17.8. The van der Waals surface area contributed by atoms with Crippen LogP contribution in [0, 0.1) is 0 Å². The maximum absolute atomic E-state index is 12.1. The van der Waals surface area contributed by atoms with Crippen molar-refractivity contribution in [2.24, 2.45) is 5.14 Å². The second-order valence-electron chi connectivity index (χ2n) is 5.06. The van der Waals surface area contributed by atoms with Crippen molar-refractivity contribution in [2.75, 3.05) is 6.61 Å². The van der Waals surface area contributed by atoms with Gasteiger partial charge in [-0.2, -0.15) is 0 Å². The van der Waals surface area contributed by atoms with Gasteiger partial charge >= 0.3 is 5.97 Å². The molecule has 24 heavy (non-hydrogen) atoms. The van der Waals surface area contributed by atoms with E-state index in [1.165, 1.54) is 12.1 Å². The topological polar surface area (TPSA) is 104 Å². The molecule has 0 aromatic heterocycles. The molecule has 2 rings (SSSR count). The van der Waals surface area contributed by atoms with Gasteiger partial charge in [0, 0.05) is 5.56 Å². The smallest absolute Gasteiger partial charge is 0.313 e. The molecule has 0 fully saturated rings. The molecule has 2 aromatic carbocycles. The van der Waals surface area contributed by atoms with Crippen LogP contribution in [0.5, 0.6) is 0 Å². The highest BCUT2D eigenvalue weighted by Crippen LogP contribution is 2.22. The molecule has 2 aromatic rings. The third-order valence-electron chi connectivity index (χ3n) is 3.31. The largest absolute Gasteiger partial charge is 0.466 e. The fourth-order valence-electron chi connectivity index (χ4n) is 2.15. The lowest BCUT2D eigenvalue weighted by Crippen LogP contribution is -2.12. The van der Waals surface area contributed by atoms with Crippen LogP contribution in [-0.4, -0.2) is 26.8 Å². The van der Waals surface area contributed by atoms with Crippen LogP contribution >= 0.6 is 0 Å². The van der Waals surface area contributed by atoms with Gasteiger partial charge < -0.3 is 4.74 Å². The van der Waals surface area contributed by atoms with E-state index in [1.807, 2.05) is 0 Å². The lowest BCUT2D eigenvalue weighted by atomic mass is 10.0. The maximum atomic E-state index is 12.1. The number of ketones is 1. The third kappa shape index (κ3) is 4.50. The minimum absolute atomic E-state index is 0.0146. The van der Waals surface area contributed by atoms with Crippen LogP contribution in [0.15, 0.2) is 53.4 Å². The van der Waals surface area contributed by atoms with E-state index in [1.54, 1.807) is 43.3 Å². The van der Waals surface area contributed by atoms with E-state index in [4.69, 9.17) is 9.88 Å². The van der Waals surface area contributed by atoms with Crippen molar-refractivity contribution in [3.63, 3.8) is 0 Å². The van der Waals surface area contributed by atoms with E-state index in [0.717, 1.165) is 11.1 Å². The molecular formula is C17H17NO5S. The summed E-state index contributed by atoms with van der Waals surface area (Å²) >= 11 is 0. The Labute approximate surface area is 140 Å². The van der Waals surface area contributed by atoms with Gasteiger partial charge in [-0.1, -0.05) is 30.3 Å². The molecular weight excluding hydrogens is 330 g/mol. The number of sulfonamides is 1. The van der Waals surface area contributed by atoms with Crippen molar-refractivity contribution >= 4 is 21.8 Å². The predicted molar refractivity (Wildman–Crippen MR) is 88.8 cm³/mol. The first-order valence-electron chi connectivity index (χ1n) is 7.23. The zero-order valence-electron chi connectivity index (χ0n) is 13.1. The summed E-state index contributed by atoms with van der Waals surface area (Å²) in [6, 6.07) is 12.8. The second kappa shape index (κ2) is 7.37. The molecule has 0 bridgehead atoms. The molecule has 0 amide bonds. The van der Waals surface area contributed by atoms with Crippen molar-refractivity contribution in [1.29, 1.82) is 0 Å². The molecule has 0 atom stereocenters. The minimum atomic E-state index is -3.75. The first-order chi connectivity index (χ1) is 11.3. The Bertz CT molecular complexity index is 857. The molecule has 0 spiro atoms. The zero-order chi connectivity index (χ0) is 17.7. The van der Waals surface area contributed by atoms with Gasteiger partial charge in [0.25, 0.3) is 0 Å². The summed E-state index contributed by atoms with van der Waals surface area (Å²) in [6.07, 6.45) is -0.318. The summed E-state index contributed by atoms with van der Waals surface area (Å²) in [4.78, 5) is 23.5. The molecule has 0 saturated heterocycles. The number of carbonyl (C=O) groups is 2. The Morgan fingerprint density at radius 3 is 2.29 bits per heavy atom. The molecule has 0 radical (unpaired) electrons. The SMILES string of the molecule is CCOC(=O)CC(=O)c1cccc(-c2ccc(S(N)(=O)=O)cc2)c1. The van der Waals surface area contributed by atoms with Crippen LogP contribution in [0.4, 0.5) is 0 Å². The minimum Gasteiger partial charge on any atom is -0.466 e. The number of hydrogen-bond acceptors (Lipinski definition) is 5. The molecule has 0 aliphatic heterocycles. The highest BCUT2D eigenvalue weighted by molar-refractivity contribution is 7.89.